The Labute approximate surface area is 511 Å². The first-order valence-corrected chi connectivity index (χ1v) is 36.6. The number of hydrogen-bond acceptors (Lipinski definition) is 6. The van der Waals surface area contributed by atoms with Gasteiger partial charge >= 0.3 is 17.9 Å². The van der Waals surface area contributed by atoms with E-state index in [4.69, 9.17) is 14.2 Å². The Morgan fingerprint density at radius 2 is 0.439 bits per heavy atom. The van der Waals surface area contributed by atoms with Gasteiger partial charge in [-0.2, -0.15) is 0 Å². The number of rotatable bonds is 68. The van der Waals surface area contributed by atoms with E-state index in [9.17, 15) is 14.4 Å². The van der Waals surface area contributed by atoms with E-state index in [0.29, 0.717) is 19.3 Å². The van der Waals surface area contributed by atoms with Crippen molar-refractivity contribution in [1.29, 1.82) is 0 Å². The zero-order valence-corrected chi connectivity index (χ0v) is 55.3. The quantitative estimate of drug-likeness (QED) is 0.0261. The van der Waals surface area contributed by atoms with Crippen molar-refractivity contribution < 1.29 is 28.6 Å². The van der Waals surface area contributed by atoms with Crippen LogP contribution in [0.5, 0.6) is 0 Å². The average molecular weight is 1150 g/mol. The molecule has 6 heteroatoms. The van der Waals surface area contributed by atoms with Gasteiger partial charge in [-0.05, 0) is 83.5 Å². The first-order chi connectivity index (χ1) is 40.5. The van der Waals surface area contributed by atoms with Crippen LogP contribution in [-0.4, -0.2) is 37.2 Å². The zero-order valence-electron chi connectivity index (χ0n) is 55.3. The molecule has 1 unspecified atom stereocenters. The number of carbonyl (C=O) groups is 3. The third-order valence-electron chi connectivity index (χ3n) is 16.6. The highest BCUT2D eigenvalue weighted by Gasteiger charge is 2.19. The molecule has 1 atom stereocenters. The van der Waals surface area contributed by atoms with Gasteiger partial charge in [0, 0.05) is 19.3 Å². The molecule has 480 valence electrons. The van der Waals surface area contributed by atoms with Crippen LogP contribution in [0, 0.1) is 0 Å². The first-order valence-electron chi connectivity index (χ1n) is 36.6. The fourth-order valence-corrected chi connectivity index (χ4v) is 11.0. The molecule has 0 bridgehead atoms. The van der Waals surface area contributed by atoms with Crippen molar-refractivity contribution in [2.45, 2.75) is 406 Å². The SMILES string of the molecule is CCCCCCC/C=C\C/C=C\C/C=C\CCCCCCCCC(=O)OC(COC(=O)CCCCCCCCCCCCCCC/C=C\CCCCCCCCCC)COC(=O)CCCCCCCCCCCCCCCCCCCC. The van der Waals surface area contributed by atoms with E-state index in [-0.39, 0.29) is 31.1 Å². The van der Waals surface area contributed by atoms with Crippen LogP contribution in [-0.2, 0) is 28.6 Å². The summed E-state index contributed by atoms with van der Waals surface area (Å²) in [6, 6.07) is 0. The van der Waals surface area contributed by atoms with Crippen LogP contribution < -0.4 is 0 Å². The average Bonchev–Trinajstić information content (AvgIpc) is 3.47. The third-order valence-corrected chi connectivity index (χ3v) is 16.6. The number of esters is 3. The summed E-state index contributed by atoms with van der Waals surface area (Å²) in [6.45, 7) is 6.70. The maximum absolute atomic E-state index is 13.0. The van der Waals surface area contributed by atoms with Crippen molar-refractivity contribution >= 4 is 17.9 Å². The second-order valence-corrected chi connectivity index (χ2v) is 24.9. The van der Waals surface area contributed by atoms with Crippen molar-refractivity contribution in [3.63, 3.8) is 0 Å². The molecule has 0 aliphatic rings. The molecule has 82 heavy (non-hydrogen) atoms. The molecule has 0 aromatic rings. The van der Waals surface area contributed by atoms with Gasteiger partial charge < -0.3 is 14.2 Å². The second-order valence-electron chi connectivity index (χ2n) is 24.9. The molecule has 0 radical (unpaired) electrons. The molecule has 0 saturated carbocycles. The van der Waals surface area contributed by atoms with E-state index in [1.807, 2.05) is 0 Å². The van der Waals surface area contributed by atoms with Crippen molar-refractivity contribution in [1.82, 2.24) is 0 Å². The highest BCUT2D eigenvalue weighted by atomic mass is 16.6. The Morgan fingerprint density at radius 3 is 0.695 bits per heavy atom. The third kappa shape index (κ3) is 68.2. The van der Waals surface area contributed by atoms with E-state index in [1.165, 1.54) is 283 Å². The maximum Gasteiger partial charge on any atom is 0.306 e. The number of allylic oxidation sites excluding steroid dienone is 8. The molecule has 6 nitrogen and oxygen atoms in total. The summed E-state index contributed by atoms with van der Waals surface area (Å²) in [5.74, 6) is -0.857. The molecule has 0 spiro atoms. The van der Waals surface area contributed by atoms with E-state index >= 15 is 0 Å². The number of hydrogen-bond donors (Lipinski definition) is 0. The van der Waals surface area contributed by atoms with Crippen molar-refractivity contribution in [3.05, 3.63) is 48.6 Å². The van der Waals surface area contributed by atoms with E-state index in [0.717, 1.165) is 77.0 Å². The summed E-state index contributed by atoms with van der Waals surface area (Å²) >= 11 is 0. The highest BCUT2D eigenvalue weighted by Crippen LogP contribution is 2.18. The Bertz CT molecular complexity index is 1410. The molecule has 0 N–H and O–H groups in total. The van der Waals surface area contributed by atoms with Gasteiger partial charge in [0.15, 0.2) is 6.10 Å². The van der Waals surface area contributed by atoms with Gasteiger partial charge in [-0.15, -0.1) is 0 Å². The van der Waals surface area contributed by atoms with Crippen LogP contribution in [0.3, 0.4) is 0 Å². The van der Waals surface area contributed by atoms with Crippen LogP contribution >= 0.6 is 0 Å². The Balaban J connectivity index is 4.32. The van der Waals surface area contributed by atoms with Crippen molar-refractivity contribution in [3.8, 4) is 0 Å². The van der Waals surface area contributed by atoms with E-state index < -0.39 is 6.10 Å². The lowest BCUT2D eigenvalue weighted by Gasteiger charge is -2.18. The molecule has 0 heterocycles. The minimum Gasteiger partial charge on any atom is -0.462 e. The molecule has 0 amide bonds. The summed E-state index contributed by atoms with van der Waals surface area (Å²) in [6.07, 6.45) is 90.0. The monoisotopic (exact) mass is 1150 g/mol. The summed E-state index contributed by atoms with van der Waals surface area (Å²) < 4.78 is 17.0. The normalized spacial score (nSPS) is 12.3. The Kier molecular flexibility index (Phi) is 68.6. The molecule has 0 aliphatic carbocycles. The van der Waals surface area contributed by atoms with Gasteiger partial charge in [-0.1, -0.05) is 345 Å². The van der Waals surface area contributed by atoms with Crippen LogP contribution in [0.1, 0.15) is 400 Å². The molecular weight excluding hydrogens is 1010 g/mol. The predicted molar refractivity (Wildman–Crippen MR) is 358 cm³/mol. The lowest BCUT2D eigenvalue weighted by atomic mass is 10.0. The molecular formula is C76H140O6. The minimum absolute atomic E-state index is 0.0738. The standard InChI is InChI=1S/C76H140O6/c1-4-7-10-13-16-19-22-25-28-31-34-36-37-38-39-41-42-45-48-51-54-57-60-63-66-69-75(78)81-72-73(71-80-74(77)68-65-62-59-56-53-50-47-44-33-30-27-24-21-18-15-12-9-6-3)82-76(79)70-67-64-61-58-55-52-49-46-43-40-35-32-29-26-23-20-17-14-11-8-5-2/h23,26,31-32,34-35,43,46,73H,4-22,24-25,27-30,33,36-42,44-45,47-72H2,1-3H3/b26-23-,34-31-,35-32-,46-43-. The highest BCUT2D eigenvalue weighted by molar-refractivity contribution is 5.71. The molecule has 0 aliphatic heterocycles. The van der Waals surface area contributed by atoms with Crippen molar-refractivity contribution in [2.75, 3.05) is 13.2 Å². The summed E-state index contributed by atoms with van der Waals surface area (Å²) in [7, 11) is 0. The number of unbranched alkanes of at least 4 members (excludes halogenated alkanes) is 49. The van der Waals surface area contributed by atoms with Crippen LogP contribution in [0.25, 0.3) is 0 Å². The van der Waals surface area contributed by atoms with Gasteiger partial charge in [0.1, 0.15) is 13.2 Å². The van der Waals surface area contributed by atoms with Crippen LogP contribution in [0.2, 0.25) is 0 Å². The fourth-order valence-electron chi connectivity index (χ4n) is 11.0. The Hall–Kier alpha value is -2.63. The maximum atomic E-state index is 13.0. The summed E-state index contributed by atoms with van der Waals surface area (Å²) in [5.41, 5.74) is 0. The Morgan fingerprint density at radius 1 is 0.244 bits per heavy atom. The van der Waals surface area contributed by atoms with Gasteiger partial charge in [0.25, 0.3) is 0 Å². The molecule has 0 fully saturated rings. The van der Waals surface area contributed by atoms with E-state index in [2.05, 4.69) is 69.4 Å². The topological polar surface area (TPSA) is 78.9 Å². The largest absolute Gasteiger partial charge is 0.462 e. The first kappa shape index (κ1) is 79.4. The number of carbonyl (C=O) groups excluding carboxylic acids is 3. The lowest BCUT2D eigenvalue weighted by molar-refractivity contribution is -0.167. The van der Waals surface area contributed by atoms with Gasteiger partial charge in [0.2, 0.25) is 0 Å². The van der Waals surface area contributed by atoms with E-state index in [1.54, 1.807) is 0 Å². The fraction of sp³-hybridized carbons (Fsp3) is 0.855. The van der Waals surface area contributed by atoms with Gasteiger partial charge in [-0.3, -0.25) is 14.4 Å². The van der Waals surface area contributed by atoms with Gasteiger partial charge in [0.05, 0.1) is 0 Å². The molecule has 0 aromatic carbocycles. The summed E-state index contributed by atoms with van der Waals surface area (Å²) in [5, 5.41) is 0. The zero-order chi connectivity index (χ0) is 59.2. The van der Waals surface area contributed by atoms with Gasteiger partial charge in [-0.25, -0.2) is 0 Å². The van der Waals surface area contributed by atoms with Crippen LogP contribution in [0.15, 0.2) is 48.6 Å². The smallest absolute Gasteiger partial charge is 0.306 e. The molecule has 0 saturated heterocycles. The number of ether oxygens (including phenoxy) is 3. The van der Waals surface area contributed by atoms with Crippen LogP contribution in [0.4, 0.5) is 0 Å². The minimum atomic E-state index is -0.780. The molecule has 0 rings (SSSR count). The second kappa shape index (κ2) is 70.9. The predicted octanol–water partition coefficient (Wildman–Crippen LogP) is 25.3. The lowest BCUT2D eigenvalue weighted by Crippen LogP contribution is -2.30. The van der Waals surface area contributed by atoms with Crippen molar-refractivity contribution in [2.24, 2.45) is 0 Å². The summed E-state index contributed by atoms with van der Waals surface area (Å²) in [4.78, 5) is 38.5. The molecule has 0 aromatic heterocycles.